The number of hydrogen-bond acceptors (Lipinski definition) is 2. The third-order valence-electron chi connectivity index (χ3n) is 8.78. The van der Waals surface area contributed by atoms with Crippen LogP contribution in [0.1, 0.15) is 0 Å². The van der Waals surface area contributed by atoms with E-state index in [9.17, 15) is 0 Å². The zero-order valence-electron chi connectivity index (χ0n) is 24.5. The maximum atomic E-state index is 2.41. The number of anilines is 3. The predicted molar refractivity (Wildman–Crippen MR) is 194 cm³/mol. The first kappa shape index (κ1) is 25.8. The first-order valence-electron chi connectivity index (χ1n) is 15.3. The van der Waals surface area contributed by atoms with Crippen LogP contribution in [0.5, 0.6) is 0 Å². The van der Waals surface area contributed by atoms with Crippen LogP contribution in [0, 0.1) is 0 Å². The molecule has 0 aliphatic carbocycles. The molecule has 2 aromatic heterocycles. The van der Waals surface area contributed by atoms with E-state index >= 15 is 0 Å². The molecule has 7 aromatic carbocycles. The van der Waals surface area contributed by atoms with E-state index in [1.807, 2.05) is 11.3 Å². The molecule has 0 saturated carbocycles. The van der Waals surface area contributed by atoms with Gasteiger partial charge in [-0.1, -0.05) is 103 Å². The molecule has 0 fully saturated rings. The van der Waals surface area contributed by atoms with Crippen molar-refractivity contribution in [2.75, 3.05) is 4.90 Å². The van der Waals surface area contributed by atoms with Crippen molar-refractivity contribution >= 4 is 70.2 Å². The minimum absolute atomic E-state index is 1.13. The highest BCUT2D eigenvalue weighted by Crippen LogP contribution is 2.43. The maximum absolute atomic E-state index is 2.41. The van der Waals surface area contributed by atoms with Gasteiger partial charge in [0.2, 0.25) is 0 Å². The molecule has 0 atom stereocenters. The lowest BCUT2D eigenvalue weighted by molar-refractivity contribution is 1.13. The quantitative estimate of drug-likeness (QED) is 0.193. The molecule has 0 unspecified atom stereocenters. The number of thiophene rings is 1. The van der Waals surface area contributed by atoms with E-state index in [1.165, 1.54) is 53.0 Å². The van der Waals surface area contributed by atoms with Crippen LogP contribution in [0.15, 0.2) is 170 Å². The van der Waals surface area contributed by atoms with Crippen molar-refractivity contribution in [3.63, 3.8) is 0 Å². The number of fused-ring (bicyclic) bond motifs is 5. The second kappa shape index (κ2) is 10.5. The molecule has 2 nitrogen and oxygen atoms in total. The van der Waals surface area contributed by atoms with Crippen molar-refractivity contribution < 1.29 is 0 Å². The predicted octanol–water partition coefficient (Wildman–Crippen LogP) is 12.3. The molecule has 45 heavy (non-hydrogen) atoms. The van der Waals surface area contributed by atoms with E-state index in [2.05, 4.69) is 179 Å². The van der Waals surface area contributed by atoms with Crippen molar-refractivity contribution in [3.8, 4) is 16.8 Å². The summed E-state index contributed by atoms with van der Waals surface area (Å²) in [5.41, 5.74) is 8.17. The molecular formula is C42H28N2S. The van der Waals surface area contributed by atoms with E-state index in [1.54, 1.807) is 0 Å². The lowest BCUT2D eigenvalue weighted by Gasteiger charge is -2.26. The van der Waals surface area contributed by atoms with Crippen LogP contribution >= 0.6 is 11.3 Å². The Hall–Kier alpha value is -5.64. The van der Waals surface area contributed by atoms with Gasteiger partial charge in [-0.25, -0.2) is 0 Å². The summed E-state index contributed by atoms with van der Waals surface area (Å²) in [6, 6.07) is 59.2. The molecule has 0 saturated heterocycles. The minimum atomic E-state index is 1.13. The Morgan fingerprint density at radius 3 is 1.96 bits per heavy atom. The van der Waals surface area contributed by atoms with Crippen molar-refractivity contribution in [1.29, 1.82) is 0 Å². The number of hydrogen-bond donors (Lipinski definition) is 0. The highest BCUT2D eigenvalue weighted by molar-refractivity contribution is 7.25. The van der Waals surface area contributed by atoms with Crippen LogP contribution in [-0.4, -0.2) is 4.57 Å². The molecule has 9 aromatic rings. The molecule has 0 amide bonds. The van der Waals surface area contributed by atoms with Gasteiger partial charge in [0, 0.05) is 60.1 Å². The number of nitrogens with zero attached hydrogens (tertiary/aromatic N) is 2. The Kier molecular flexibility index (Phi) is 6.03. The van der Waals surface area contributed by atoms with E-state index in [0.29, 0.717) is 0 Å². The van der Waals surface area contributed by atoms with Crippen LogP contribution < -0.4 is 4.90 Å². The number of aromatic nitrogens is 1. The smallest absolute Gasteiger partial charge is 0.0536 e. The molecular weight excluding hydrogens is 565 g/mol. The fourth-order valence-electron chi connectivity index (χ4n) is 6.62. The van der Waals surface area contributed by atoms with Gasteiger partial charge in [-0.05, 0) is 77.0 Å². The molecule has 9 rings (SSSR count). The van der Waals surface area contributed by atoms with Gasteiger partial charge >= 0.3 is 0 Å². The van der Waals surface area contributed by atoms with Gasteiger partial charge in [0.1, 0.15) is 0 Å². The molecule has 0 radical (unpaired) electrons. The Balaban J connectivity index is 1.29. The van der Waals surface area contributed by atoms with Gasteiger partial charge in [-0.15, -0.1) is 11.3 Å². The SMILES string of the molecule is c1ccc(-c2cn(-c3ccccc3)c3ccc(N(c4ccc5ccccc5c4)c4ccc5c(c4)sc4ccccc45)cc23)cc1. The molecule has 0 aliphatic heterocycles. The fourth-order valence-corrected chi connectivity index (χ4v) is 7.76. The Labute approximate surface area is 265 Å². The van der Waals surface area contributed by atoms with Gasteiger partial charge in [-0.3, -0.25) is 0 Å². The summed E-state index contributed by atoms with van der Waals surface area (Å²) >= 11 is 1.86. The molecule has 3 heteroatoms. The third-order valence-corrected chi connectivity index (χ3v) is 9.91. The van der Waals surface area contributed by atoms with Gasteiger partial charge in [-0.2, -0.15) is 0 Å². The summed E-state index contributed by atoms with van der Waals surface area (Å²) in [7, 11) is 0. The van der Waals surface area contributed by atoms with E-state index in [4.69, 9.17) is 0 Å². The summed E-state index contributed by atoms with van der Waals surface area (Å²) in [5, 5.41) is 6.31. The minimum Gasteiger partial charge on any atom is -0.316 e. The van der Waals surface area contributed by atoms with Crippen LogP contribution in [0.3, 0.4) is 0 Å². The lowest BCUT2D eigenvalue weighted by Crippen LogP contribution is -2.10. The molecule has 0 N–H and O–H groups in total. The highest BCUT2D eigenvalue weighted by Gasteiger charge is 2.19. The molecule has 0 aliphatic rings. The first-order chi connectivity index (χ1) is 22.3. The van der Waals surface area contributed by atoms with Gasteiger partial charge in [0.05, 0.1) is 5.52 Å². The Bertz CT molecular complexity index is 2490. The molecule has 0 spiro atoms. The van der Waals surface area contributed by atoms with E-state index < -0.39 is 0 Å². The van der Waals surface area contributed by atoms with Crippen LogP contribution in [0.2, 0.25) is 0 Å². The maximum Gasteiger partial charge on any atom is 0.0536 e. The standard InChI is InChI=1S/C42H28N2S/c1-3-12-30(13-4-1)39-28-43(32-15-5-2-6-16-32)40-24-22-34(26-38(39)40)44(33-20-19-29-11-7-8-14-31(29)25-33)35-21-23-37-36-17-9-10-18-41(36)45-42(37)27-35/h1-28H. The van der Waals surface area contributed by atoms with Gasteiger partial charge in [0.25, 0.3) is 0 Å². The third kappa shape index (κ3) is 4.40. The second-order valence-electron chi connectivity index (χ2n) is 11.5. The van der Waals surface area contributed by atoms with Crippen molar-refractivity contribution in [1.82, 2.24) is 4.57 Å². The Morgan fingerprint density at radius 1 is 0.444 bits per heavy atom. The van der Waals surface area contributed by atoms with E-state index in [-0.39, 0.29) is 0 Å². The average molecular weight is 593 g/mol. The molecule has 212 valence electrons. The number of rotatable bonds is 5. The monoisotopic (exact) mass is 592 g/mol. The molecule has 2 heterocycles. The largest absolute Gasteiger partial charge is 0.316 e. The summed E-state index contributed by atoms with van der Waals surface area (Å²) in [6.07, 6.45) is 2.28. The zero-order valence-corrected chi connectivity index (χ0v) is 25.3. The summed E-state index contributed by atoms with van der Waals surface area (Å²) < 4.78 is 4.92. The second-order valence-corrected chi connectivity index (χ2v) is 12.5. The van der Waals surface area contributed by atoms with E-state index in [0.717, 1.165) is 22.7 Å². The van der Waals surface area contributed by atoms with Gasteiger partial charge < -0.3 is 9.47 Å². The van der Waals surface area contributed by atoms with Gasteiger partial charge in [0.15, 0.2) is 0 Å². The van der Waals surface area contributed by atoms with Crippen molar-refractivity contribution in [2.24, 2.45) is 0 Å². The summed E-state index contributed by atoms with van der Waals surface area (Å²) in [4.78, 5) is 2.41. The summed E-state index contributed by atoms with van der Waals surface area (Å²) in [6.45, 7) is 0. The van der Waals surface area contributed by atoms with Crippen LogP contribution in [0.4, 0.5) is 17.1 Å². The van der Waals surface area contributed by atoms with Crippen molar-refractivity contribution in [2.45, 2.75) is 0 Å². The normalized spacial score (nSPS) is 11.6. The Morgan fingerprint density at radius 2 is 1.09 bits per heavy atom. The first-order valence-corrected chi connectivity index (χ1v) is 16.1. The topological polar surface area (TPSA) is 8.17 Å². The number of benzene rings is 7. The molecule has 0 bridgehead atoms. The highest BCUT2D eigenvalue weighted by atomic mass is 32.1. The number of para-hydroxylation sites is 1. The summed E-state index contributed by atoms with van der Waals surface area (Å²) in [5.74, 6) is 0. The lowest BCUT2D eigenvalue weighted by atomic mass is 10.0. The van der Waals surface area contributed by atoms with Crippen molar-refractivity contribution in [3.05, 3.63) is 170 Å². The fraction of sp³-hybridized carbons (Fsp3) is 0. The van der Waals surface area contributed by atoms with Crippen LogP contribution in [-0.2, 0) is 0 Å². The zero-order chi connectivity index (χ0) is 29.7. The average Bonchev–Trinajstić information content (AvgIpc) is 3.67. The van der Waals surface area contributed by atoms with Crippen LogP contribution in [0.25, 0.3) is 58.7 Å².